The number of fused-ring (bicyclic) bond motifs is 1. The molecule has 0 saturated heterocycles. The van der Waals surface area contributed by atoms with Gasteiger partial charge in [-0.25, -0.2) is 4.98 Å². The smallest absolute Gasteiger partial charge is 0.307 e. The van der Waals surface area contributed by atoms with Crippen molar-refractivity contribution in [3.63, 3.8) is 0 Å². The molecule has 0 fully saturated rings. The Balaban J connectivity index is 1.46. The monoisotopic (exact) mass is 413 g/mol. The predicted molar refractivity (Wildman–Crippen MR) is 113 cm³/mol. The minimum Gasteiger partial charge on any atom is -0.494 e. The normalized spacial score (nSPS) is 12.4. The van der Waals surface area contributed by atoms with E-state index in [0.717, 1.165) is 39.5 Å². The lowest BCUT2D eigenvalue weighted by Gasteiger charge is -2.12. The van der Waals surface area contributed by atoms with E-state index in [-0.39, 0.29) is 16.9 Å². The van der Waals surface area contributed by atoms with Gasteiger partial charge in [-0.05, 0) is 49.1 Å². The molecule has 0 radical (unpaired) electrons. The molecular weight excluding hydrogens is 394 g/mol. The van der Waals surface area contributed by atoms with E-state index in [1.165, 1.54) is 4.90 Å². The fourth-order valence-corrected chi connectivity index (χ4v) is 4.13. The molecular formula is C20H19N3O3S2. The van der Waals surface area contributed by atoms with E-state index in [4.69, 9.17) is 4.74 Å². The Hall–Kier alpha value is -2.71. The number of benzene rings is 2. The molecule has 144 valence electrons. The fraction of sp³-hybridized carbons (Fsp3) is 0.200. The van der Waals surface area contributed by atoms with Gasteiger partial charge in [-0.2, -0.15) is 0 Å². The van der Waals surface area contributed by atoms with Crippen LogP contribution in [0, 0.1) is 0 Å². The second kappa shape index (κ2) is 7.73. The number of aromatic nitrogens is 3. The number of aromatic hydroxyl groups is 1. The lowest BCUT2D eigenvalue weighted by Crippen LogP contribution is -2.05. The number of thiazole rings is 1. The first-order chi connectivity index (χ1) is 13.5. The summed E-state index contributed by atoms with van der Waals surface area (Å²) in [6, 6.07) is 13.8. The fourth-order valence-electron chi connectivity index (χ4n) is 2.93. The largest absolute Gasteiger partial charge is 0.494 e. The number of rotatable bonds is 6. The SMILES string of the molecule is CSc1ccc2nc(C(C)Oc3ccc(Cc4sc(=O)[nH]c4O)cc3)[nH]c2c1. The molecule has 2 aromatic heterocycles. The van der Waals surface area contributed by atoms with Gasteiger partial charge in [0.2, 0.25) is 5.88 Å². The lowest BCUT2D eigenvalue weighted by atomic mass is 10.1. The third-order valence-electron chi connectivity index (χ3n) is 4.39. The van der Waals surface area contributed by atoms with Gasteiger partial charge in [-0.1, -0.05) is 23.5 Å². The van der Waals surface area contributed by atoms with Gasteiger partial charge in [0.25, 0.3) is 0 Å². The molecule has 0 aliphatic heterocycles. The maximum Gasteiger partial charge on any atom is 0.307 e. The van der Waals surface area contributed by atoms with Crippen LogP contribution in [-0.4, -0.2) is 26.3 Å². The Morgan fingerprint density at radius 2 is 2.00 bits per heavy atom. The Morgan fingerprint density at radius 1 is 1.21 bits per heavy atom. The molecule has 4 aromatic rings. The first-order valence-electron chi connectivity index (χ1n) is 8.72. The van der Waals surface area contributed by atoms with E-state index in [9.17, 15) is 9.90 Å². The van der Waals surface area contributed by atoms with E-state index < -0.39 is 0 Å². The van der Waals surface area contributed by atoms with Gasteiger partial charge in [0.15, 0.2) is 6.10 Å². The second-order valence-corrected chi connectivity index (χ2v) is 8.32. The number of nitrogens with zero attached hydrogens (tertiary/aromatic N) is 1. The summed E-state index contributed by atoms with van der Waals surface area (Å²) in [5, 5.41) is 9.70. The van der Waals surface area contributed by atoms with Crippen molar-refractivity contribution in [3.05, 3.63) is 68.4 Å². The van der Waals surface area contributed by atoms with Crippen LogP contribution in [0.5, 0.6) is 11.6 Å². The van der Waals surface area contributed by atoms with E-state index in [0.29, 0.717) is 11.3 Å². The van der Waals surface area contributed by atoms with E-state index in [2.05, 4.69) is 27.1 Å². The highest BCUT2D eigenvalue weighted by atomic mass is 32.2. The molecule has 0 amide bonds. The van der Waals surface area contributed by atoms with Crippen molar-refractivity contribution in [1.29, 1.82) is 0 Å². The molecule has 3 N–H and O–H groups in total. The molecule has 0 saturated carbocycles. The highest BCUT2D eigenvalue weighted by Crippen LogP contribution is 2.26. The first-order valence-corrected chi connectivity index (χ1v) is 10.8. The summed E-state index contributed by atoms with van der Waals surface area (Å²) in [7, 11) is 0. The van der Waals surface area contributed by atoms with E-state index in [1.807, 2.05) is 43.5 Å². The molecule has 6 nitrogen and oxygen atoms in total. The molecule has 28 heavy (non-hydrogen) atoms. The molecule has 2 heterocycles. The number of nitrogens with one attached hydrogen (secondary N) is 2. The lowest BCUT2D eigenvalue weighted by molar-refractivity contribution is 0.218. The highest BCUT2D eigenvalue weighted by Gasteiger charge is 2.13. The van der Waals surface area contributed by atoms with Crippen molar-refractivity contribution in [2.45, 2.75) is 24.3 Å². The van der Waals surface area contributed by atoms with Crippen LogP contribution in [0.2, 0.25) is 0 Å². The van der Waals surface area contributed by atoms with Crippen molar-refractivity contribution in [2.24, 2.45) is 0 Å². The summed E-state index contributed by atoms with van der Waals surface area (Å²) in [5.41, 5.74) is 2.90. The summed E-state index contributed by atoms with van der Waals surface area (Å²) < 4.78 is 6.02. The number of H-pyrrole nitrogens is 2. The average molecular weight is 414 g/mol. The number of aromatic amines is 2. The van der Waals surface area contributed by atoms with Gasteiger partial charge in [0.1, 0.15) is 11.6 Å². The molecule has 0 aliphatic carbocycles. The topological polar surface area (TPSA) is 91.0 Å². The van der Waals surface area contributed by atoms with Crippen molar-refractivity contribution < 1.29 is 9.84 Å². The number of ether oxygens (including phenoxy) is 1. The van der Waals surface area contributed by atoms with Gasteiger partial charge in [0, 0.05) is 11.3 Å². The van der Waals surface area contributed by atoms with Crippen LogP contribution in [0.3, 0.4) is 0 Å². The van der Waals surface area contributed by atoms with Gasteiger partial charge < -0.3 is 14.8 Å². The average Bonchev–Trinajstić information content (AvgIpc) is 3.25. The first kappa shape index (κ1) is 18.6. The van der Waals surface area contributed by atoms with Gasteiger partial charge in [-0.15, -0.1) is 11.8 Å². The number of imidazole rings is 1. The van der Waals surface area contributed by atoms with Gasteiger partial charge in [-0.3, -0.25) is 9.78 Å². The van der Waals surface area contributed by atoms with Crippen molar-refractivity contribution in [3.8, 4) is 11.6 Å². The summed E-state index contributed by atoms with van der Waals surface area (Å²) in [6.07, 6.45) is 2.31. The van der Waals surface area contributed by atoms with Crippen LogP contribution in [0.1, 0.15) is 29.3 Å². The van der Waals surface area contributed by atoms with Crippen LogP contribution in [0.25, 0.3) is 11.0 Å². The number of thioether (sulfide) groups is 1. The summed E-state index contributed by atoms with van der Waals surface area (Å²) in [4.78, 5) is 23.2. The van der Waals surface area contributed by atoms with Crippen LogP contribution >= 0.6 is 23.1 Å². The quantitative estimate of drug-likeness (QED) is 0.406. The van der Waals surface area contributed by atoms with E-state index in [1.54, 1.807) is 11.8 Å². The molecule has 0 spiro atoms. The molecule has 0 aliphatic rings. The van der Waals surface area contributed by atoms with Gasteiger partial charge in [0.05, 0.1) is 15.9 Å². The van der Waals surface area contributed by atoms with Crippen molar-refractivity contribution in [1.82, 2.24) is 15.0 Å². The Morgan fingerprint density at radius 3 is 2.68 bits per heavy atom. The van der Waals surface area contributed by atoms with E-state index >= 15 is 0 Å². The zero-order chi connectivity index (χ0) is 19.7. The maximum absolute atomic E-state index is 11.3. The van der Waals surface area contributed by atoms with Gasteiger partial charge >= 0.3 is 4.87 Å². The highest BCUT2D eigenvalue weighted by molar-refractivity contribution is 7.98. The molecule has 2 aromatic carbocycles. The molecule has 1 unspecified atom stereocenters. The Kier molecular flexibility index (Phi) is 5.15. The summed E-state index contributed by atoms with van der Waals surface area (Å²) in [6.45, 7) is 1.95. The third-order valence-corrected chi connectivity index (χ3v) is 5.99. The second-order valence-electron chi connectivity index (χ2n) is 6.37. The predicted octanol–water partition coefficient (Wildman–Crippen LogP) is 4.47. The molecule has 1 atom stereocenters. The zero-order valence-corrected chi connectivity index (χ0v) is 17.0. The summed E-state index contributed by atoms with van der Waals surface area (Å²) in [5.74, 6) is 1.45. The molecule has 4 rings (SSSR count). The molecule has 0 bridgehead atoms. The zero-order valence-electron chi connectivity index (χ0n) is 15.4. The standard InChI is InChI=1S/C20H19N3O3S2/c1-11(18-21-15-8-7-14(27-2)10-16(15)22-18)26-13-5-3-12(4-6-13)9-17-19(24)23-20(25)28-17/h3-8,10-11,24H,9H2,1-2H3,(H,21,22)(H,23,25). The van der Waals surface area contributed by atoms with Crippen molar-refractivity contribution in [2.75, 3.05) is 6.26 Å². The van der Waals surface area contributed by atoms with Crippen LogP contribution in [0.4, 0.5) is 0 Å². The van der Waals surface area contributed by atoms with Crippen LogP contribution in [-0.2, 0) is 6.42 Å². The van der Waals surface area contributed by atoms with Crippen LogP contribution < -0.4 is 9.61 Å². The summed E-state index contributed by atoms with van der Waals surface area (Å²) >= 11 is 2.71. The van der Waals surface area contributed by atoms with Crippen LogP contribution in [0.15, 0.2) is 52.2 Å². The number of hydrogen-bond acceptors (Lipinski definition) is 6. The number of hydrogen-bond donors (Lipinski definition) is 3. The minimum absolute atomic E-state index is 0.0570. The Labute approximate surface area is 169 Å². The minimum atomic E-state index is -0.253. The van der Waals surface area contributed by atoms with Crippen molar-refractivity contribution >= 4 is 34.1 Å². The maximum atomic E-state index is 11.3. The Bertz CT molecular complexity index is 1160. The molecule has 8 heteroatoms. The third kappa shape index (κ3) is 3.93.